The van der Waals surface area contributed by atoms with Crippen molar-refractivity contribution in [1.29, 1.82) is 0 Å². The molecular weight excluding hydrogens is 252 g/mol. The molecule has 2 N–H and O–H groups in total. The Labute approximate surface area is 121 Å². The van der Waals surface area contributed by atoms with Crippen molar-refractivity contribution in [3.63, 3.8) is 0 Å². The molecule has 0 aliphatic rings. The van der Waals surface area contributed by atoms with E-state index in [2.05, 4.69) is 13.8 Å². The summed E-state index contributed by atoms with van der Waals surface area (Å²) in [7, 11) is 1.79. The molecule has 0 saturated heterocycles. The van der Waals surface area contributed by atoms with Crippen LogP contribution in [0.4, 0.5) is 0 Å². The van der Waals surface area contributed by atoms with Gasteiger partial charge in [-0.15, -0.1) is 0 Å². The van der Waals surface area contributed by atoms with Gasteiger partial charge in [-0.2, -0.15) is 0 Å². The summed E-state index contributed by atoms with van der Waals surface area (Å²) in [5.41, 5.74) is 7.00. The molecule has 112 valence electrons. The first-order chi connectivity index (χ1) is 9.43. The quantitative estimate of drug-likeness (QED) is 0.833. The van der Waals surface area contributed by atoms with Gasteiger partial charge in [0.05, 0.1) is 12.6 Å². The van der Waals surface area contributed by atoms with Crippen molar-refractivity contribution in [3.8, 4) is 5.75 Å². The van der Waals surface area contributed by atoms with Crippen molar-refractivity contribution >= 4 is 5.91 Å². The minimum Gasteiger partial charge on any atom is -0.494 e. The smallest absolute Gasteiger partial charge is 0.239 e. The van der Waals surface area contributed by atoms with Crippen molar-refractivity contribution < 1.29 is 9.53 Å². The summed E-state index contributed by atoms with van der Waals surface area (Å²) < 4.78 is 5.39. The van der Waals surface area contributed by atoms with Crippen LogP contribution in [0.2, 0.25) is 0 Å². The van der Waals surface area contributed by atoms with Crippen LogP contribution in [0.25, 0.3) is 0 Å². The molecule has 0 saturated carbocycles. The molecule has 20 heavy (non-hydrogen) atoms. The maximum absolute atomic E-state index is 12.1. The molecule has 0 aliphatic heterocycles. The van der Waals surface area contributed by atoms with Crippen LogP contribution in [0.15, 0.2) is 24.3 Å². The molecule has 1 rings (SSSR count). The zero-order valence-corrected chi connectivity index (χ0v) is 12.9. The van der Waals surface area contributed by atoms with Gasteiger partial charge in [-0.25, -0.2) is 0 Å². The van der Waals surface area contributed by atoms with Crippen LogP contribution in [-0.2, 0) is 11.3 Å². The molecule has 4 heteroatoms. The number of nitrogens with zero attached hydrogens (tertiary/aromatic N) is 1. The first-order valence-corrected chi connectivity index (χ1v) is 7.16. The van der Waals surface area contributed by atoms with E-state index >= 15 is 0 Å². The van der Waals surface area contributed by atoms with Crippen molar-refractivity contribution in [2.75, 3.05) is 13.7 Å². The number of rotatable bonds is 7. The Morgan fingerprint density at radius 2 is 1.90 bits per heavy atom. The Bertz CT molecular complexity index is 415. The van der Waals surface area contributed by atoms with E-state index in [4.69, 9.17) is 10.5 Å². The highest BCUT2D eigenvalue weighted by molar-refractivity contribution is 5.81. The fraction of sp³-hybridized carbons (Fsp3) is 0.562. The molecule has 0 bridgehead atoms. The Morgan fingerprint density at radius 3 is 2.40 bits per heavy atom. The van der Waals surface area contributed by atoms with E-state index in [-0.39, 0.29) is 5.91 Å². The predicted octanol–water partition coefficient (Wildman–Crippen LogP) is 2.42. The van der Waals surface area contributed by atoms with E-state index in [1.54, 1.807) is 11.9 Å². The van der Waals surface area contributed by atoms with Gasteiger partial charge in [0.1, 0.15) is 5.75 Å². The lowest BCUT2D eigenvalue weighted by Crippen LogP contribution is -2.42. The summed E-state index contributed by atoms with van der Waals surface area (Å²) in [6, 6.07) is 7.38. The fourth-order valence-electron chi connectivity index (χ4n) is 2.10. The SMILES string of the molecule is CCOc1ccc(CN(C)C(=O)C(N)CC(C)C)cc1. The molecule has 1 aromatic rings. The van der Waals surface area contributed by atoms with E-state index in [1.165, 1.54) is 0 Å². The van der Waals surface area contributed by atoms with Gasteiger partial charge < -0.3 is 15.4 Å². The van der Waals surface area contributed by atoms with Gasteiger partial charge in [-0.3, -0.25) is 4.79 Å². The number of ether oxygens (including phenoxy) is 1. The molecule has 0 spiro atoms. The highest BCUT2D eigenvalue weighted by Gasteiger charge is 2.19. The standard InChI is InChI=1S/C16H26N2O2/c1-5-20-14-8-6-13(7-9-14)11-18(4)16(19)15(17)10-12(2)3/h6-9,12,15H,5,10-11,17H2,1-4H3. The van der Waals surface area contributed by atoms with E-state index < -0.39 is 6.04 Å². The minimum absolute atomic E-state index is 0.00687. The number of benzene rings is 1. The number of amides is 1. The fourth-order valence-corrected chi connectivity index (χ4v) is 2.10. The Kier molecular flexibility index (Phi) is 6.52. The molecular formula is C16H26N2O2. The topological polar surface area (TPSA) is 55.6 Å². The molecule has 0 aromatic heterocycles. The first kappa shape index (κ1) is 16.5. The van der Waals surface area contributed by atoms with Crippen LogP contribution < -0.4 is 10.5 Å². The number of carbonyl (C=O) groups is 1. The molecule has 0 aliphatic carbocycles. The van der Waals surface area contributed by atoms with Gasteiger partial charge in [0.2, 0.25) is 5.91 Å². The van der Waals surface area contributed by atoms with Gasteiger partial charge in [0.15, 0.2) is 0 Å². The predicted molar refractivity (Wildman–Crippen MR) is 81.5 cm³/mol. The molecule has 1 amide bonds. The van der Waals surface area contributed by atoms with Gasteiger partial charge >= 0.3 is 0 Å². The van der Waals surface area contributed by atoms with Crippen LogP contribution in [0, 0.1) is 5.92 Å². The number of nitrogens with two attached hydrogens (primary N) is 1. The Balaban J connectivity index is 2.56. The normalized spacial score (nSPS) is 12.3. The van der Waals surface area contributed by atoms with Crippen molar-refractivity contribution in [3.05, 3.63) is 29.8 Å². The molecule has 0 heterocycles. The van der Waals surface area contributed by atoms with Crippen LogP contribution in [0.3, 0.4) is 0 Å². The lowest BCUT2D eigenvalue weighted by Gasteiger charge is -2.22. The van der Waals surface area contributed by atoms with Crippen molar-refractivity contribution in [2.45, 2.75) is 39.8 Å². The summed E-state index contributed by atoms with van der Waals surface area (Å²) in [5.74, 6) is 1.27. The highest BCUT2D eigenvalue weighted by atomic mass is 16.5. The van der Waals surface area contributed by atoms with Crippen LogP contribution >= 0.6 is 0 Å². The summed E-state index contributed by atoms with van der Waals surface area (Å²) in [6.45, 7) is 7.31. The summed E-state index contributed by atoms with van der Waals surface area (Å²) in [6.07, 6.45) is 0.715. The second-order valence-corrected chi connectivity index (χ2v) is 5.51. The lowest BCUT2D eigenvalue weighted by atomic mass is 10.0. The number of hydrogen-bond donors (Lipinski definition) is 1. The number of hydrogen-bond acceptors (Lipinski definition) is 3. The second kappa shape index (κ2) is 7.90. The Morgan fingerprint density at radius 1 is 1.30 bits per heavy atom. The molecule has 1 atom stereocenters. The van der Waals surface area contributed by atoms with Crippen LogP contribution in [0.1, 0.15) is 32.8 Å². The minimum atomic E-state index is -0.414. The monoisotopic (exact) mass is 278 g/mol. The maximum Gasteiger partial charge on any atom is 0.239 e. The van der Waals surface area contributed by atoms with E-state index in [0.29, 0.717) is 25.5 Å². The lowest BCUT2D eigenvalue weighted by molar-refractivity contribution is -0.132. The summed E-state index contributed by atoms with van der Waals surface area (Å²) in [4.78, 5) is 13.8. The van der Waals surface area contributed by atoms with Crippen LogP contribution in [-0.4, -0.2) is 30.5 Å². The molecule has 1 unspecified atom stereocenters. The number of carbonyl (C=O) groups excluding carboxylic acids is 1. The molecule has 0 fully saturated rings. The first-order valence-electron chi connectivity index (χ1n) is 7.16. The third-order valence-electron chi connectivity index (χ3n) is 3.07. The second-order valence-electron chi connectivity index (χ2n) is 5.51. The third kappa shape index (κ3) is 5.21. The molecule has 1 aromatic carbocycles. The molecule has 0 radical (unpaired) electrons. The van der Waals surface area contributed by atoms with Gasteiger partial charge in [-0.1, -0.05) is 26.0 Å². The Hall–Kier alpha value is -1.55. The van der Waals surface area contributed by atoms with Gasteiger partial charge in [-0.05, 0) is 37.0 Å². The van der Waals surface area contributed by atoms with E-state index in [9.17, 15) is 4.79 Å². The summed E-state index contributed by atoms with van der Waals surface area (Å²) >= 11 is 0. The zero-order valence-electron chi connectivity index (χ0n) is 12.9. The highest BCUT2D eigenvalue weighted by Crippen LogP contribution is 2.14. The molecule has 4 nitrogen and oxygen atoms in total. The van der Waals surface area contributed by atoms with Gasteiger partial charge in [0, 0.05) is 13.6 Å². The number of likely N-dealkylation sites (N-methyl/N-ethyl adjacent to an activating group) is 1. The van der Waals surface area contributed by atoms with E-state index in [0.717, 1.165) is 11.3 Å². The largest absolute Gasteiger partial charge is 0.494 e. The third-order valence-corrected chi connectivity index (χ3v) is 3.07. The maximum atomic E-state index is 12.1. The summed E-state index contributed by atoms with van der Waals surface area (Å²) in [5, 5.41) is 0. The van der Waals surface area contributed by atoms with E-state index in [1.807, 2.05) is 31.2 Å². The zero-order chi connectivity index (χ0) is 15.1. The van der Waals surface area contributed by atoms with Gasteiger partial charge in [0.25, 0.3) is 0 Å². The van der Waals surface area contributed by atoms with Crippen LogP contribution in [0.5, 0.6) is 5.75 Å². The average molecular weight is 278 g/mol. The van der Waals surface area contributed by atoms with Crippen molar-refractivity contribution in [1.82, 2.24) is 4.90 Å². The average Bonchev–Trinajstić information content (AvgIpc) is 2.39. The van der Waals surface area contributed by atoms with Crippen molar-refractivity contribution in [2.24, 2.45) is 11.7 Å².